The van der Waals surface area contributed by atoms with E-state index in [1.165, 1.54) is 102 Å². The summed E-state index contributed by atoms with van der Waals surface area (Å²) in [4.78, 5) is 11.7. The van der Waals surface area contributed by atoms with Crippen LogP contribution in [0, 0.1) is 5.92 Å². The van der Waals surface area contributed by atoms with Crippen molar-refractivity contribution in [2.45, 2.75) is 89.5 Å². The van der Waals surface area contributed by atoms with Gasteiger partial charge in [0.25, 0.3) is 0 Å². The summed E-state index contributed by atoms with van der Waals surface area (Å²) in [6, 6.07) is 19.7. The van der Waals surface area contributed by atoms with E-state index in [0.717, 1.165) is 28.6 Å². The van der Waals surface area contributed by atoms with Crippen molar-refractivity contribution in [2.75, 3.05) is 37.4 Å². The first-order chi connectivity index (χ1) is 18.7. The minimum Gasteiger partial charge on any atom is -0.362 e. The molecule has 1 aliphatic rings. The summed E-state index contributed by atoms with van der Waals surface area (Å²) in [5, 5.41) is 8.49. The molecule has 3 aromatic rings. The van der Waals surface area contributed by atoms with Gasteiger partial charge in [-0.3, -0.25) is 0 Å². The first-order valence-corrected chi connectivity index (χ1v) is 15.1. The number of rotatable bonds is 16. The Kier molecular flexibility index (Phi) is 11.7. The van der Waals surface area contributed by atoms with E-state index in [1.807, 2.05) is 20.2 Å². The number of hydrogen-bond donors (Lipinski definition) is 2. The Balaban J connectivity index is 1.01. The van der Waals surface area contributed by atoms with E-state index in [9.17, 15) is 0 Å². The molecule has 2 aromatic carbocycles. The van der Waals surface area contributed by atoms with E-state index in [0.29, 0.717) is 6.04 Å². The Morgan fingerprint density at radius 2 is 1.39 bits per heavy atom. The van der Waals surface area contributed by atoms with E-state index >= 15 is 0 Å². The van der Waals surface area contributed by atoms with E-state index in [1.54, 1.807) is 0 Å². The van der Waals surface area contributed by atoms with Crippen molar-refractivity contribution < 1.29 is 0 Å². The van der Waals surface area contributed by atoms with Crippen molar-refractivity contribution in [3.63, 3.8) is 0 Å². The second-order valence-corrected chi connectivity index (χ2v) is 11.4. The van der Waals surface area contributed by atoms with Gasteiger partial charge in [0.2, 0.25) is 5.95 Å². The first-order valence-electron chi connectivity index (χ1n) is 15.1. The lowest BCUT2D eigenvalue weighted by Gasteiger charge is -2.29. The predicted molar refractivity (Wildman–Crippen MR) is 163 cm³/mol. The minimum atomic E-state index is 0.473. The smallest absolute Gasteiger partial charge is 0.225 e. The molecule has 0 unspecified atom stereocenters. The highest BCUT2D eigenvalue weighted by Gasteiger charge is 2.22. The number of anilines is 2. The highest BCUT2D eigenvalue weighted by Crippen LogP contribution is 2.28. The summed E-state index contributed by atoms with van der Waals surface area (Å²) in [6.45, 7) is 2.35. The molecule has 0 saturated heterocycles. The molecular weight excluding hydrogens is 466 g/mol. The van der Waals surface area contributed by atoms with Gasteiger partial charge in [-0.05, 0) is 81.6 Å². The van der Waals surface area contributed by atoms with Gasteiger partial charge in [-0.25, -0.2) is 4.98 Å². The molecular formula is C33H49N5. The summed E-state index contributed by atoms with van der Waals surface area (Å²) in [7, 11) is 4.10. The lowest BCUT2D eigenvalue weighted by atomic mass is 9.86. The summed E-state index contributed by atoms with van der Waals surface area (Å²) in [5.41, 5.74) is 2.49. The Morgan fingerprint density at radius 1 is 0.737 bits per heavy atom. The zero-order valence-corrected chi connectivity index (χ0v) is 23.8. The van der Waals surface area contributed by atoms with Crippen LogP contribution in [-0.2, 0) is 6.42 Å². The topological polar surface area (TPSA) is 53.1 Å². The van der Waals surface area contributed by atoms with E-state index in [4.69, 9.17) is 9.97 Å². The van der Waals surface area contributed by atoms with Crippen LogP contribution in [0.5, 0.6) is 0 Å². The fourth-order valence-electron chi connectivity index (χ4n) is 5.75. The fraction of sp³-hybridized carbons (Fsp3) is 0.576. The second kappa shape index (κ2) is 15.7. The molecule has 206 valence electrons. The number of nitrogens with one attached hydrogen (secondary N) is 2. The van der Waals surface area contributed by atoms with Gasteiger partial charge in [0.15, 0.2) is 0 Å². The number of para-hydroxylation sites is 1. The molecule has 5 nitrogen and oxygen atoms in total. The molecule has 0 spiro atoms. The average Bonchev–Trinajstić information content (AvgIpc) is 2.94. The lowest BCUT2D eigenvalue weighted by Crippen LogP contribution is -2.32. The van der Waals surface area contributed by atoms with Crippen LogP contribution in [0.25, 0.3) is 10.9 Å². The maximum absolute atomic E-state index is 4.83. The van der Waals surface area contributed by atoms with Crippen molar-refractivity contribution in [3.05, 3.63) is 60.2 Å². The van der Waals surface area contributed by atoms with E-state index in [2.05, 4.69) is 64.1 Å². The normalized spacial score (nSPS) is 17.5. The van der Waals surface area contributed by atoms with Crippen molar-refractivity contribution in [1.82, 2.24) is 15.3 Å². The Hall–Kier alpha value is -2.66. The predicted octanol–water partition coefficient (Wildman–Crippen LogP) is 7.62. The summed E-state index contributed by atoms with van der Waals surface area (Å²) in [6.07, 6.45) is 17.2. The highest BCUT2D eigenvalue weighted by molar-refractivity contribution is 5.90. The Bertz CT molecular complexity index is 1060. The third-order valence-corrected chi connectivity index (χ3v) is 8.03. The van der Waals surface area contributed by atoms with Crippen LogP contribution in [-0.4, -0.2) is 43.2 Å². The van der Waals surface area contributed by atoms with Crippen LogP contribution in [0.4, 0.5) is 11.8 Å². The number of nitrogens with zero attached hydrogens (tertiary/aromatic N) is 3. The van der Waals surface area contributed by atoms with Crippen molar-refractivity contribution in [1.29, 1.82) is 0 Å². The van der Waals surface area contributed by atoms with Gasteiger partial charge in [-0.1, -0.05) is 81.0 Å². The monoisotopic (exact) mass is 515 g/mol. The van der Waals surface area contributed by atoms with Crippen molar-refractivity contribution in [2.24, 2.45) is 5.92 Å². The maximum Gasteiger partial charge on any atom is 0.225 e. The third-order valence-electron chi connectivity index (χ3n) is 8.03. The minimum absolute atomic E-state index is 0.473. The van der Waals surface area contributed by atoms with Gasteiger partial charge in [-0.15, -0.1) is 0 Å². The molecule has 0 atom stereocenters. The van der Waals surface area contributed by atoms with E-state index < -0.39 is 0 Å². The quantitative estimate of drug-likeness (QED) is 0.192. The Morgan fingerprint density at radius 3 is 2.13 bits per heavy atom. The molecule has 0 bridgehead atoms. The number of benzene rings is 2. The second-order valence-electron chi connectivity index (χ2n) is 11.4. The molecule has 4 rings (SSSR count). The standard InChI is InChI=1S/C33H49N5/c1-38(2)32-30-19-13-14-20-31(30)36-33(37-32)35-29-23-21-28(22-24-29)26-34-25-15-8-6-4-3-5-7-10-16-27-17-11-9-12-18-27/h9,11-14,17-20,28-29,34H,3-8,10,15-16,21-26H2,1-2H3,(H,35,36,37). The van der Waals surface area contributed by atoms with Gasteiger partial charge in [0.1, 0.15) is 5.82 Å². The van der Waals surface area contributed by atoms with Gasteiger partial charge in [0, 0.05) is 25.5 Å². The molecule has 0 amide bonds. The number of fused-ring (bicyclic) bond motifs is 1. The molecule has 1 aromatic heterocycles. The maximum atomic E-state index is 4.83. The van der Waals surface area contributed by atoms with Crippen molar-refractivity contribution >= 4 is 22.7 Å². The zero-order chi connectivity index (χ0) is 26.4. The molecule has 1 saturated carbocycles. The largest absolute Gasteiger partial charge is 0.362 e. The van der Waals surface area contributed by atoms with Crippen LogP contribution in [0.3, 0.4) is 0 Å². The van der Waals surface area contributed by atoms with Crippen LogP contribution >= 0.6 is 0 Å². The molecule has 0 aliphatic heterocycles. The van der Waals surface area contributed by atoms with Crippen LogP contribution in [0.15, 0.2) is 54.6 Å². The SMILES string of the molecule is CN(C)c1nc(NC2CCC(CNCCCCCCCCCCc3ccccc3)CC2)nc2ccccc12. The van der Waals surface area contributed by atoms with Gasteiger partial charge in [-0.2, -0.15) is 4.98 Å². The lowest BCUT2D eigenvalue weighted by molar-refractivity contribution is 0.323. The third kappa shape index (κ3) is 9.27. The number of unbranched alkanes of at least 4 members (excludes halogenated alkanes) is 7. The number of hydrogen-bond acceptors (Lipinski definition) is 5. The molecule has 5 heteroatoms. The molecule has 2 N–H and O–H groups in total. The van der Waals surface area contributed by atoms with Crippen LogP contribution in [0.1, 0.15) is 82.6 Å². The van der Waals surface area contributed by atoms with Crippen LogP contribution in [0.2, 0.25) is 0 Å². The number of aryl methyl sites for hydroxylation is 1. The summed E-state index contributed by atoms with van der Waals surface area (Å²) in [5.74, 6) is 2.55. The molecule has 0 radical (unpaired) electrons. The molecule has 1 aliphatic carbocycles. The van der Waals surface area contributed by atoms with Gasteiger partial charge >= 0.3 is 0 Å². The summed E-state index contributed by atoms with van der Waals surface area (Å²) < 4.78 is 0. The van der Waals surface area contributed by atoms with Crippen molar-refractivity contribution in [3.8, 4) is 0 Å². The Labute approximate surface area is 230 Å². The molecule has 1 fully saturated rings. The first kappa shape index (κ1) is 28.4. The number of aromatic nitrogens is 2. The van der Waals surface area contributed by atoms with Gasteiger partial charge < -0.3 is 15.5 Å². The van der Waals surface area contributed by atoms with Crippen LogP contribution < -0.4 is 15.5 Å². The molecule has 38 heavy (non-hydrogen) atoms. The fourth-order valence-corrected chi connectivity index (χ4v) is 5.75. The zero-order valence-electron chi connectivity index (χ0n) is 23.8. The van der Waals surface area contributed by atoms with E-state index in [-0.39, 0.29) is 0 Å². The molecule has 1 heterocycles. The summed E-state index contributed by atoms with van der Waals surface area (Å²) >= 11 is 0. The average molecular weight is 516 g/mol. The highest BCUT2D eigenvalue weighted by atomic mass is 15.2. The van der Waals surface area contributed by atoms with Gasteiger partial charge in [0.05, 0.1) is 5.52 Å².